The number of aromatic hydroxyl groups is 1. The lowest BCUT2D eigenvalue weighted by Crippen LogP contribution is -2.47. The Bertz CT molecular complexity index is 931. The molecule has 2 heterocycles. The van der Waals surface area contributed by atoms with Gasteiger partial charge < -0.3 is 19.9 Å². The molecule has 2 aromatic rings. The Kier molecular flexibility index (Phi) is 6.29. The van der Waals surface area contributed by atoms with Crippen molar-refractivity contribution < 1.29 is 14.3 Å². The second-order valence-electron chi connectivity index (χ2n) is 7.33. The van der Waals surface area contributed by atoms with E-state index in [2.05, 4.69) is 26.7 Å². The number of carbonyl (C=O) groups is 1. The molecular weight excluding hydrogens is 377 g/mol. The minimum Gasteiger partial charge on any atom is -0.501 e. The second-order valence-corrected chi connectivity index (χ2v) is 7.33. The van der Waals surface area contributed by atoms with E-state index < -0.39 is 17.2 Å². The average molecular weight is 403 g/mol. The number of nitrogens with one attached hydrogen (secondary N) is 1. The number of hydrogen-bond acceptors (Lipinski definition) is 6. The predicted octanol–water partition coefficient (Wildman–Crippen LogP) is 1.20. The van der Waals surface area contributed by atoms with Gasteiger partial charge in [0.05, 0.1) is 6.04 Å². The molecule has 3 rings (SSSR count). The first-order valence-electron chi connectivity index (χ1n) is 9.55. The zero-order chi connectivity index (χ0) is 21.1. The third-order valence-electron chi connectivity index (χ3n) is 5.29. The number of aromatic nitrogens is 2. The number of benzene rings is 1. The van der Waals surface area contributed by atoms with E-state index >= 15 is 0 Å². The highest BCUT2D eigenvalue weighted by atomic mass is 19.1. The van der Waals surface area contributed by atoms with Crippen molar-refractivity contribution in [2.24, 2.45) is 0 Å². The van der Waals surface area contributed by atoms with Crippen LogP contribution >= 0.6 is 0 Å². The van der Waals surface area contributed by atoms with Crippen LogP contribution in [0.3, 0.4) is 0 Å². The zero-order valence-corrected chi connectivity index (χ0v) is 16.9. The highest BCUT2D eigenvalue weighted by Gasteiger charge is 2.29. The fourth-order valence-corrected chi connectivity index (χ4v) is 3.42. The standard InChI is InChI=1S/C20H26FN5O3/c1-4-26-10-9-24(2)15(12-26)18-22-16(17(27)19(28)23-18)20(29)25(3)11-13-5-7-14(21)8-6-13/h5-8,15,27H,4,9-12H2,1-3H3,(H,22,23,28). The molecule has 2 N–H and O–H groups in total. The normalized spacial score (nSPS) is 18.0. The molecule has 8 nitrogen and oxygen atoms in total. The lowest BCUT2D eigenvalue weighted by atomic mass is 10.1. The van der Waals surface area contributed by atoms with Gasteiger partial charge in [-0.05, 0) is 31.3 Å². The summed E-state index contributed by atoms with van der Waals surface area (Å²) in [6.07, 6.45) is 0. The van der Waals surface area contributed by atoms with Crippen molar-refractivity contribution in [1.29, 1.82) is 0 Å². The number of nitrogens with zero attached hydrogens (tertiary/aromatic N) is 4. The molecule has 1 saturated heterocycles. The predicted molar refractivity (Wildman–Crippen MR) is 106 cm³/mol. The van der Waals surface area contributed by atoms with Gasteiger partial charge in [-0.3, -0.25) is 14.5 Å². The molecule has 1 atom stereocenters. The number of hydrogen-bond donors (Lipinski definition) is 2. The number of piperazine rings is 1. The number of amides is 1. The van der Waals surface area contributed by atoms with Gasteiger partial charge in [-0.25, -0.2) is 9.37 Å². The summed E-state index contributed by atoms with van der Waals surface area (Å²) in [5.74, 6) is -1.29. The highest BCUT2D eigenvalue weighted by molar-refractivity contribution is 5.94. The van der Waals surface area contributed by atoms with Crippen LogP contribution in [0.15, 0.2) is 29.1 Å². The molecule has 1 aromatic heterocycles. The Morgan fingerprint density at radius 2 is 2.03 bits per heavy atom. The fraction of sp³-hybridized carbons (Fsp3) is 0.450. The minimum atomic E-state index is -0.740. The van der Waals surface area contributed by atoms with Gasteiger partial charge in [-0.1, -0.05) is 19.1 Å². The van der Waals surface area contributed by atoms with Crippen LogP contribution in [0.4, 0.5) is 4.39 Å². The molecule has 1 aliphatic heterocycles. The van der Waals surface area contributed by atoms with E-state index in [1.54, 1.807) is 19.2 Å². The van der Waals surface area contributed by atoms with Crippen LogP contribution in [-0.2, 0) is 6.54 Å². The van der Waals surface area contributed by atoms with E-state index in [0.29, 0.717) is 12.4 Å². The largest absolute Gasteiger partial charge is 0.501 e. The molecule has 1 aromatic carbocycles. The Balaban J connectivity index is 1.87. The molecule has 0 bridgehead atoms. The van der Waals surface area contributed by atoms with Crippen molar-refractivity contribution in [1.82, 2.24) is 24.7 Å². The van der Waals surface area contributed by atoms with Crippen molar-refractivity contribution in [2.75, 3.05) is 40.3 Å². The van der Waals surface area contributed by atoms with Crippen molar-refractivity contribution in [3.8, 4) is 5.75 Å². The zero-order valence-electron chi connectivity index (χ0n) is 16.9. The molecule has 9 heteroatoms. The molecule has 1 fully saturated rings. The van der Waals surface area contributed by atoms with Crippen LogP contribution in [0.5, 0.6) is 5.75 Å². The topological polar surface area (TPSA) is 92.8 Å². The summed E-state index contributed by atoms with van der Waals surface area (Å²) < 4.78 is 13.1. The van der Waals surface area contributed by atoms with Crippen LogP contribution in [-0.4, -0.2) is 76.0 Å². The van der Waals surface area contributed by atoms with E-state index in [1.807, 2.05) is 7.05 Å². The molecule has 29 heavy (non-hydrogen) atoms. The first-order chi connectivity index (χ1) is 13.8. The van der Waals surface area contributed by atoms with E-state index in [-0.39, 0.29) is 24.1 Å². The van der Waals surface area contributed by atoms with E-state index in [9.17, 15) is 19.1 Å². The van der Waals surface area contributed by atoms with Crippen LogP contribution in [0.25, 0.3) is 0 Å². The molecule has 1 unspecified atom stereocenters. The molecule has 0 saturated carbocycles. The summed E-state index contributed by atoms with van der Waals surface area (Å²) >= 11 is 0. The summed E-state index contributed by atoms with van der Waals surface area (Å²) in [7, 11) is 3.48. The van der Waals surface area contributed by atoms with Crippen molar-refractivity contribution in [2.45, 2.75) is 19.5 Å². The fourth-order valence-electron chi connectivity index (χ4n) is 3.42. The van der Waals surface area contributed by atoms with Gasteiger partial charge in [0.15, 0.2) is 5.69 Å². The highest BCUT2D eigenvalue weighted by Crippen LogP contribution is 2.22. The number of halogens is 1. The lowest BCUT2D eigenvalue weighted by Gasteiger charge is -2.38. The summed E-state index contributed by atoms with van der Waals surface area (Å²) in [6, 6.07) is 5.59. The number of carbonyl (C=O) groups excluding carboxylic acids is 1. The molecule has 156 valence electrons. The van der Waals surface area contributed by atoms with E-state index in [4.69, 9.17) is 0 Å². The summed E-state index contributed by atoms with van der Waals surface area (Å²) in [4.78, 5) is 37.8. The van der Waals surface area contributed by atoms with Gasteiger partial charge in [-0.2, -0.15) is 0 Å². The van der Waals surface area contributed by atoms with Gasteiger partial charge in [0.25, 0.3) is 11.5 Å². The van der Waals surface area contributed by atoms with Gasteiger partial charge in [0, 0.05) is 33.2 Å². The van der Waals surface area contributed by atoms with Gasteiger partial charge in [0.1, 0.15) is 11.6 Å². The molecule has 0 aliphatic carbocycles. The third-order valence-corrected chi connectivity index (χ3v) is 5.29. The third kappa shape index (κ3) is 4.63. The SMILES string of the molecule is CCN1CCN(C)C(c2nc(C(=O)N(C)Cc3ccc(F)cc3)c(O)c(=O)[nH]2)C1. The molecule has 0 radical (unpaired) electrons. The van der Waals surface area contributed by atoms with Crippen LogP contribution in [0, 0.1) is 5.82 Å². The molecule has 1 amide bonds. The first-order valence-corrected chi connectivity index (χ1v) is 9.55. The second kappa shape index (κ2) is 8.71. The number of H-pyrrole nitrogens is 1. The summed E-state index contributed by atoms with van der Waals surface area (Å²) in [5.41, 5.74) is -0.302. The Morgan fingerprint density at radius 1 is 1.34 bits per heavy atom. The number of aromatic amines is 1. The first kappa shape index (κ1) is 20.9. The lowest BCUT2D eigenvalue weighted by molar-refractivity contribution is 0.0768. The maximum Gasteiger partial charge on any atom is 0.293 e. The molecule has 0 spiro atoms. The quantitative estimate of drug-likeness (QED) is 0.779. The number of rotatable bonds is 5. The minimum absolute atomic E-state index is 0.189. The Labute approximate surface area is 168 Å². The average Bonchev–Trinajstić information content (AvgIpc) is 2.71. The summed E-state index contributed by atoms with van der Waals surface area (Å²) in [6.45, 7) is 5.51. The van der Waals surface area contributed by atoms with Crippen LogP contribution in [0.2, 0.25) is 0 Å². The van der Waals surface area contributed by atoms with Gasteiger partial charge >= 0.3 is 0 Å². The Hall–Kier alpha value is -2.78. The Morgan fingerprint density at radius 3 is 2.69 bits per heavy atom. The van der Waals surface area contributed by atoms with Gasteiger partial charge in [0.2, 0.25) is 5.75 Å². The van der Waals surface area contributed by atoms with Crippen molar-refractivity contribution in [3.05, 3.63) is 57.5 Å². The number of likely N-dealkylation sites (N-methyl/N-ethyl adjacent to an activating group) is 2. The van der Waals surface area contributed by atoms with Gasteiger partial charge in [-0.15, -0.1) is 0 Å². The maximum atomic E-state index is 13.1. The van der Waals surface area contributed by atoms with Crippen LogP contribution < -0.4 is 5.56 Å². The smallest absolute Gasteiger partial charge is 0.293 e. The van der Waals surface area contributed by atoms with Crippen molar-refractivity contribution in [3.63, 3.8) is 0 Å². The molecular formula is C20H26FN5O3. The van der Waals surface area contributed by atoms with E-state index in [1.165, 1.54) is 17.0 Å². The monoisotopic (exact) mass is 403 g/mol. The summed E-state index contributed by atoms with van der Waals surface area (Å²) in [5, 5.41) is 10.2. The molecule has 1 aliphatic rings. The maximum absolute atomic E-state index is 13.1. The van der Waals surface area contributed by atoms with E-state index in [0.717, 1.165) is 25.2 Å². The van der Waals surface area contributed by atoms with Crippen molar-refractivity contribution >= 4 is 5.91 Å². The van der Waals surface area contributed by atoms with Crippen LogP contribution in [0.1, 0.15) is 34.8 Å².